The number of halogens is 1. The molecule has 3 aromatic rings. The van der Waals surface area contributed by atoms with Gasteiger partial charge in [0.1, 0.15) is 5.82 Å². The van der Waals surface area contributed by atoms with Crippen molar-refractivity contribution >= 4 is 5.69 Å². The fourth-order valence-electron chi connectivity index (χ4n) is 2.34. The van der Waals surface area contributed by atoms with E-state index < -0.39 is 0 Å². The molecule has 0 heterocycles. The highest BCUT2D eigenvalue weighted by molar-refractivity contribution is 5.71. The molecule has 0 aromatic heterocycles. The summed E-state index contributed by atoms with van der Waals surface area (Å²) in [6, 6.07) is 20.6. The number of hydrogen-bond acceptors (Lipinski definition) is 1. The van der Waals surface area contributed by atoms with Crippen molar-refractivity contribution in [3.63, 3.8) is 0 Å². The summed E-state index contributed by atoms with van der Waals surface area (Å²) in [6.07, 6.45) is 0. The second-order valence-corrected chi connectivity index (χ2v) is 5.18. The number of hydrogen-bond donors (Lipinski definition) is 1. The van der Waals surface area contributed by atoms with Crippen molar-refractivity contribution in [1.29, 1.82) is 0 Å². The highest BCUT2D eigenvalue weighted by Crippen LogP contribution is 2.28. The average molecular weight is 277 g/mol. The van der Waals surface area contributed by atoms with Gasteiger partial charge in [0, 0.05) is 11.3 Å². The minimum Gasteiger partial charge on any atom is -0.399 e. The third-order valence-electron chi connectivity index (χ3n) is 3.58. The van der Waals surface area contributed by atoms with Gasteiger partial charge in [0.05, 0.1) is 0 Å². The lowest BCUT2D eigenvalue weighted by Gasteiger charge is -2.07. The first kappa shape index (κ1) is 13.4. The normalized spacial score (nSPS) is 10.6. The van der Waals surface area contributed by atoms with Gasteiger partial charge >= 0.3 is 0 Å². The van der Waals surface area contributed by atoms with E-state index in [1.54, 1.807) is 18.2 Å². The molecule has 0 amide bonds. The van der Waals surface area contributed by atoms with Crippen molar-refractivity contribution in [1.82, 2.24) is 0 Å². The van der Waals surface area contributed by atoms with E-state index in [2.05, 4.69) is 0 Å². The van der Waals surface area contributed by atoms with Crippen LogP contribution in [0.5, 0.6) is 0 Å². The first-order valence-electron chi connectivity index (χ1n) is 6.86. The van der Waals surface area contributed by atoms with Crippen molar-refractivity contribution in [2.45, 2.75) is 6.92 Å². The Morgan fingerprint density at radius 1 is 0.714 bits per heavy atom. The van der Waals surface area contributed by atoms with E-state index in [9.17, 15) is 4.39 Å². The van der Waals surface area contributed by atoms with Crippen LogP contribution in [0, 0.1) is 12.7 Å². The van der Waals surface area contributed by atoms with Crippen LogP contribution in [0.15, 0.2) is 66.7 Å². The zero-order chi connectivity index (χ0) is 14.8. The predicted octanol–water partition coefficient (Wildman–Crippen LogP) is 5.05. The van der Waals surface area contributed by atoms with Crippen molar-refractivity contribution in [2.75, 3.05) is 5.73 Å². The smallest absolute Gasteiger partial charge is 0.131 e. The van der Waals surface area contributed by atoms with Crippen LogP contribution in [-0.4, -0.2) is 0 Å². The quantitative estimate of drug-likeness (QED) is 0.652. The Kier molecular flexibility index (Phi) is 3.44. The molecule has 3 aromatic carbocycles. The average Bonchev–Trinajstić information content (AvgIpc) is 2.49. The second kappa shape index (κ2) is 5.41. The topological polar surface area (TPSA) is 26.0 Å². The molecule has 0 fully saturated rings. The van der Waals surface area contributed by atoms with Gasteiger partial charge in [0.15, 0.2) is 0 Å². The Morgan fingerprint density at radius 2 is 1.29 bits per heavy atom. The summed E-state index contributed by atoms with van der Waals surface area (Å²) < 4.78 is 14.4. The van der Waals surface area contributed by atoms with Gasteiger partial charge in [-0.1, -0.05) is 54.1 Å². The molecule has 0 spiro atoms. The van der Waals surface area contributed by atoms with Crippen LogP contribution in [0.4, 0.5) is 10.1 Å². The molecule has 0 aliphatic heterocycles. The minimum absolute atomic E-state index is 0.224. The Hall–Kier alpha value is -2.61. The van der Waals surface area contributed by atoms with E-state index in [4.69, 9.17) is 5.73 Å². The zero-order valence-corrected chi connectivity index (χ0v) is 11.8. The number of nitrogen functional groups attached to an aromatic ring is 1. The summed E-state index contributed by atoms with van der Waals surface area (Å²) in [7, 11) is 0. The molecule has 104 valence electrons. The molecule has 0 radical (unpaired) electrons. The van der Waals surface area contributed by atoms with Gasteiger partial charge in [0.25, 0.3) is 0 Å². The van der Waals surface area contributed by atoms with Crippen LogP contribution in [0.1, 0.15) is 5.56 Å². The van der Waals surface area contributed by atoms with E-state index in [1.165, 1.54) is 5.56 Å². The maximum absolute atomic E-state index is 14.4. The van der Waals surface area contributed by atoms with Crippen molar-refractivity contribution in [2.24, 2.45) is 0 Å². The molecule has 0 saturated heterocycles. The standard InChI is InChI=1S/C19H16FN/c1-13-2-4-14(5-3-13)16-8-11-18(19(20)12-16)15-6-9-17(21)10-7-15/h2-12H,21H2,1H3. The second-order valence-electron chi connectivity index (χ2n) is 5.18. The Labute approximate surface area is 123 Å². The van der Waals surface area contributed by atoms with Gasteiger partial charge < -0.3 is 5.73 Å². The molecule has 1 nitrogen and oxygen atoms in total. The molecule has 0 saturated carbocycles. The van der Waals surface area contributed by atoms with E-state index >= 15 is 0 Å². The van der Waals surface area contributed by atoms with Crippen LogP contribution in [0.2, 0.25) is 0 Å². The van der Waals surface area contributed by atoms with Crippen LogP contribution in [-0.2, 0) is 0 Å². The van der Waals surface area contributed by atoms with Gasteiger partial charge in [-0.15, -0.1) is 0 Å². The number of rotatable bonds is 2. The molecule has 0 unspecified atom stereocenters. The summed E-state index contributed by atoms with van der Waals surface area (Å²) in [5.74, 6) is -0.224. The van der Waals surface area contributed by atoms with Crippen LogP contribution < -0.4 is 5.73 Å². The Bertz CT molecular complexity index is 759. The van der Waals surface area contributed by atoms with Gasteiger partial charge in [-0.05, 0) is 41.8 Å². The minimum atomic E-state index is -0.224. The van der Waals surface area contributed by atoms with E-state index in [0.717, 1.165) is 16.7 Å². The number of aryl methyl sites for hydroxylation is 1. The fourth-order valence-corrected chi connectivity index (χ4v) is 2.34. The molecule has 2 N–H and O–H groups in total. The van der Waals surface area contributed by atoms with Gasteiger partial charge in [-0.3, -0.25) is 0 Å². The van der Waals surface area contributed by atoms with Crippen LogP contribution in [0.3, 0.4) is 0 Å². The molecular formula is C19H16FN. The number of anilines is 1. The molecular weight excluding hydrogens is 261 g/mol. The zero-order valence-electron chi connectivity index (χ0n) is 11.8. The van der Waals surface area contributed by atoms with E-state index in [0.29, 0.717) is 11.3 Å². The lowest BCUT2D eigenvalue weighted by Crippen LogP contribution is -1.88. The Morgan fingerprint density at radius 3 is 1.90 bits per heavy atom. The highest BCUT2D eigenvalue weighted by atomic mass is 19.1. The summed E-state index contributed by atoms with van der Waals surface area (Å²) in [6.45, 7) is 2.04. The molecule has 0 aliphatic carbocycles. The molecule has 2 heteroatoms. The molecule has 0 atom stereocenters. The van der Waals surface area contributed by atoms with Crippen LogP contribution in [0.25, 0.3) is 22.3 Å². The highest BCUT2D eigenvalue weighted by Gasteiger charge is 2.07. The maximum Gasteiger partial charge on any atom is 0.131 e. The lowest BCUT2D eigenvalue weighted by atomic mass is 9.99. The van der Waals surface area contributed by atoms with E-state index in [-0.39, 0.29) is 5.82 Å². The molecule has 0 aliphatic rings. The van der Waals surface area contributed by atoms with Crippen molar-refractivity contribution < 1.29 is 4.39 Å². The van der Waals surface area contributed by atoms with Crippen molar-refractivity contribution in [3.8, 4) is 22.3 Å². The number of nitrogens with two attached hydrogens (primary N) is 1. The monoisotopic (exact) mass is 277 g/mol. The summed E-state index contributed by atoms with van der Waals surface area (Å²) >= 11 is 0. The first-order valence-corrected chi connectivity index (χ1v) is 6.86. The maximum atomic E-state index is 14.4. The molecule has 3 rings (SSSR count). The largest absolute Gasteiger partial charge is 0.399 e. The third kappa shape index (κ3) is 2.79. The predicted molar refractivity (Wildman–Crippen MR) is 86.4 cm³/mol. The van der Waals surface area contributed by atoms with E-state index in [1.807, 2.05) is 55.5 Å². The SMILES string of the molecule is Cc1ccc(-c2ccc(-c3ccc(N)cc3)c(F)c2)cc1. The summed E-state index contributed by atoms with van der Waals surface area (Å²) in [4.78, 5) is 0. The van der Waals surface area contributed by atoms with Gasteiger partial charge in [-0.25, -0.2) is 4.39 Å². The summed E-state index contributed by atoms with van der Waals surface area (Å²) in [5, 5.41) is 0. The van der Waals surface area contributed by atoms with Crippen molar-refractivity contribution in [3.05, 3.63) is 78.1 Å². The van der Waals surface area contributed by atoms with Gasteiger partial charge in [-0.2, -0.15) is 0 Å². The number of benzene rings is 3. The fraction of sp³-hybridized carbons (Fsp3) is 0.0526. The Balaban J connectivity index is 1.99. The first-order chi connectivity index (χ1) is 10.1. The third-order valence-corrected chi connectivity index (χ3v) is 3.58. The van der Waals surface area contributed by atoms with Gasteiger partial charge in [0.2, 0.25) is 0 Å². The molecule has 21 heavy (non-hydrogen) atoms. The van der Waals surface area contributed by atoms with Crippen LogP contribution >= 0.6 is 0 Å². The lowest BCUT2D eigenvalue weighted by molar-refractivity contribution is 0.632. The molecule has 0 bridgehead atoms. The summed E-state index contributed by atoms with van der Waals surface area (Å²) in [5.41, 5.74) is 10.8.